The maximum Gasteiger partial charge on any atom is 0.243 e. The molecule has 1 aromatic carbocycles. The molecule has 0 bridgehead atoms. The second kappa shape index (κ2) is 3.84. The molecule has 0 N–H and O–H groups in total. The summed E-state index contributed by atoms with van der Waals surface area (Å²) in [4.78, 5) is 0. The standard InChI is InChI=1S/C9H11ClO4/c1-9(2,14-10(11,12)13)8-6-4-3-5-7-8/h3-7H,1-2H3. The van der Waals surface area contributed by atoms with Gasteiger partial charge in [-0.3, -0.25) is 0 Å². The minimum Gasteiger partial charge on any atom is -0.183 e. The maximum absolute atomic E-state index is 10.4. The van der Waals surface area contributed by atoms with Crippen LogP contribution in [-0.2, 0) is 9.89 Å². The van der Waals surface area contributed by atoms with Crippen LogP contribution in [0.5, 0.6) is 0 Å². The van der Waals surface area contributed by atoms with Gasteiger partial charge in [0.05, 0.1) is 14.5 Å². The van der Waals surface area contributed by atoms with Crippen molar-refractivity contribution in [3.05, 3.63) is 35.9 Å². The summed E-state index contributed by atoms with van der Waals surface area (Å²) in [5, 5.41) is 0. The fraction of sp³-hybridized carbons (Fsp3) is 0.333. The molecule has 0 radical (unpaired) electrons. The van der Waals surface area contributed by atoms with Crippen molar-refractivity contribution in [1.82, 2.24) is 0 Å². The van der Waals surface area contributed by atoms with Crippen molar-refractivity contribution in [1.29, 1.82) is 0 Å². The highest BCUT2D eigenvalue weighted by molar-refractivity contribution is 5.20. The summed E-state index contributed by atoms with van der Waals surface area (Å²) in [5.41, 5.74) is -0.504. The molecule has 0 atom stereocenters. The Morgan fingerprint density at radius 2 is 1.57 bits per heavy atom. The van der Waals surface area contributed by atoms with Gasteiger partial charge in [-0.15, -0.1) is 0 Å². The van der Waals surface area contributed by atoms with Gasteiger partial charge in [-0.2, -0.15) is 14.0 Å². The monoisotopic (exact) mass is 218 g/mol. The van der Waals surface area contributed by atoms with Gasteiger partial charge in [0.1, 0.15) is 0 Å². The van der Waals surface area contributed by atoms with E-state index in [1.807, 2.05) is 0 Å². The van der Waals surface area contributed by atoms with Crippen molar-refractivity contribution in [2.24, 2.45) is 0 Å². The third-order valence-electron chi connectivity index (χ3n) is 1.76. The normalized spacial score (nSPS) is 12.9. The van der Waals surface area contributed by atoms with Crippen LogP contribution in [0.2, 0.25) is 0 Å². The molecule has 1 aromatic rings. The Hall–Kier alpha value is -0.650. The number of rotatable bonds is 3. The molecule has 78 valence electrons. The lowest BCUT2D eigenvalue weighted by atomic mass is 9.99. The summed E-state index contributed by atoms with van der Waals surface area (Å²) >= 11 is 0. The summed E-state index contributed by atoms with van der Waals surface area (Å²) < 4.78 is 35.6. The lowest BCUT2D eigenvalue weighted by Crippen LogP contribution is -2.63. The molecule has 0 aliphatic carbocycles. The Balaban J connectivity index is 2.86. The second-order valence-electron chi connectivity index (χ2n) is 3.33. The van der Waals surface area contributed by atoms with Crippen LogP contribution in [-0.4, -0.2) is 0 Å². The van der Waals surface area contributed by atoms with Crippen molar-refractivity contribution < 1.29 is 28.5 Å². The Labute approximate surface area is 84.5 Å². The minimum atomic E-state index is -4.41. The van der Waals surface area contributed by atoms with E-state index in [2.05, 4.69) is 4.29 Å². The fourth-order valence-corrected chi connectivity index (χ4v) is 1.68. The van der Waals surface area contributed by atoms with E-state index in [4.69, 9.17) is 0 Å². The Bertz CT molecular complexity index is 291. The first kappa shape index (κ1) is 11.4. The van der Waals surface area contributed by atoms with Gasteiger partial charge in [0.15, 0.2) is 0 Å². The number of halogens is 1. The zero-order chi connectivity index (χ0) is 10.8. The zero-order valence-corrected chi connectivity index (χ0v) is 8.65. The predicted octanol–water partition coefficient (Wildman–Crippen LogP) is -1.16. The molecule has 4 nitrogen and oxygen atoms in total. The van der Waals surface area contributed by atoms with Crippen molar-refractivity contribution in [2.75, 3.05) is 0 Å². The average Bonchev–Trinajstić information content (AvgIpc) is 2.01. The molecule has 0 aliphatic heterocycles. The third-order valence-corrected chi connectivity index (χ3v) is 2.33. The minimum absolute atomic E-state index is 0.631. The SMILES string of the molecule is CC(C)(O[Cl+3]([O-])([O-])[O-])c1ccccc1. The Kier molecular flexibility index (Phi) is 3.14. The van der Waals surface area contributed by atoms with E-state index >= 15 is 0 Å². The van der Waals surface area contributed by atoms with Crippen LogP contribution in [0.15, 0.2) is 30.3 Å². The molecule has 0 spiro atoms. The Morgan fingerprint density at radius 3 is 2.00 bits per heavy atom. The van der Waals surface area contributed by atoms with Crippen molar-refractivity contribution in [3.8, 4) is 0 Å². The molecule has 0 aromatic heterocycles. The highest BCUT2D eigenvalue weighted by Gasteiger charge is 2.38. The molecule has 14 heavy (non-hydrogen) atoms. The number of hydrogen-bond acceptors (Lipinski definition) is 4. The topological polar surface area (TPSA) is 78.4 Å². The van der Waals surface area contributed by atoms with Crippen LogP contribution in [0.4, 0.5) is 0 Å². The van der Waals surface area contributed by atoms with Crippen LogP contribution in [0.1, 0.15) is 19.4 Å². The highest BCUT2D eigenvalue weighted by Crippen LogP contribution is 2.26. The van der Waals surface area contributed by atoms with Gasteiger partial charge in [-0.05, 0) is 19.4 Å². The van der Waals surface area contributed by atoms with E-state index in [1.165, 1.54) is 13.8 Å². The molecule has 5 heteroatoms. The summed E-state index contributed by atoms with van der Waals surface area (Å²) in [6.07, 6.45) is 0. The first-order chi connectivity index (χ1) is 6.31. The van der Waals surface area contributed by atoms with Crippen LogP contribution in [0, 0.1) is 10.2 Å². The molecule has 0 heterocycles. The van der Waals surface area contributed by atoms with Crippen molar-refractivity contribution in [2.45, 2.75) is 19.4 Å². The average molecular weight is 219 g/mol. The van der Waals surface area contributed by atoms with Crippen LogP contribution < -0.4 is 14.0 Å². The molecule has 0 unspecified atom stereocenters. The zero-order valence-electron chi connectivity index (χ0n) is 7.90. The van der Waals surface area contributed by atoms with E-state index in [0.717, 1.165) is 0 Å². The van der Waals surface area contributed by atoms with Crippen molar-refractivity contribution in [3.63, 3.8) is 0 Å². The van der Waals surface area contributed by atoms with E-state index in [-0.39, 0.29) is 0 Å². The van der Waals surface area contributed by atoms with E-state index in [0.29, 0.717) is 5.56 Å². The lowest BCUT2D eigenvalue weighted by Gasteiger charge is -2.23. The summed E-state index contributed by atoms with van der Waals surface area (Å²) in [6.45, 7) is 3.04. The molecular weight excluding hydrogens is 208 g/mol. The molecular formula is C9H11ClO4. The first-order valence-electron chi connectivity index (χ1n) is 3.98. The van der Waals surface area contributed by atoms with Crippen molar-refractivity contribution >= 4 is 0 Å². The van der Waals surface area contributed by atoms with Gasteiger partial charge >= 0.3 is 0 Å². The molecule has 0 saturated carbocycles. The number of hydrogen-bond donors (Lipinski definition) is 0. The van der Waals surface area contributed by atoms with E-state index in [9.17, 15) is 14.0 Å². The molecule has 0 aliphatic rings. The number of benzene rings is 1. The fourth-order valence-electron chi connectivity index (χ4n) is 1.12. The van der Waals surface area contributed by atoms with Gasteiger partial charge < -0.3 is 0 Å². The molecule has 0 amide bonds. The van der Waals surface area contributed by atoms with Crippen LogP contribution in [0.3, 0.4) is 0 Å². The van der Waals surface area contributed by atoms with Crippen LogP contribution >= 0.6 is 0 Å². The first-order valence-corrected chi connectivity index (χ1v) is 5.22. The molecule has 0 saturated heterocycles. The quantitative estimate of drug-likeness (QED) is 0.641. The van der Waals surface area contributed by atoms with Gasteiger partial charge in [-0.25, -0.2) is 0 Å². The van der Waals surface area contributed by atoms with Gasteiger partial charge in [0, 0.05) is 0 Å². The largest absolute Gasteiger partial charge is 0.243 e. The summed E-state index contributed by atoms with van der Waals surface area (Å²) in [7, 11) is -4.41. The lowest BCUT2D eigenvalue weighted by molar-refractivity contribution is -1.92. The van der Waals surface area contributed by atoms with E-state index in [1.54, 1.807) is 30.3 Å². The predicted molar refractivity (Wildman–Crippen MR) is 40.6 cm³/mol. The van der Waals surface area contributed by atoms with Crippen LogP contribution in [0.25, 0.3) is 0 Å². The summed E-state index contributed by atoms with van der Waals surface area (Å²) in [6, 6.07) is 8.67. The molecule has 1 rings (SSSR count). The van der Waals surface area contributed by atoms with Gasteiger partial charge in [0.25, 0.3) is 0 Å². The third kappa shape index (κ3) is 3.25. The second-order valence-corrected chi connectivity index (χ2v) is 4.24. The van der Waals surface area contributed by atoms with Gasteiger partial charge in [-0.1, -0.05) is 30.3 Å². The molecule has 0 fully saturated rings. The Morgan fingerprint density at radius 1 is 1.07 bits per heavy atom. The van der Waals surface area contributed by atoms with Gasteiger partial charge in [0.2, 0.25) is 5.60 Å². The maximum atomic E-state index is 10.4. The summed E-state index contributed by atoms with van der Waals surface area (Å²) in [5.74, 6) is 0. The van der Waals surface area contributed by atoms with E-state index < -0.39 is 15.8 Å². The smallest absolute Gasteiger partial charge is 0.183 e. The highest BCUT2D eigenvalue weighted by atomic mass is 35.7.